The van der Waals surface area contributed by atoms with Crippen molar-refractivity contribution in [1.82, 2.24) is 5.32 Å². The Bertz CT molecular complexity index is 697. The summed E-state index contributed by atoms with van der Waals surface area (Å²) in [6.07, 6.45) is 1.17. The Labute approximate surface area is 134 Å². The zero-order chi connectivity index (χ0) is 14.8. The Morgan fingerprint density at radius 3 is 2.90 bits per heavy atom. The van der Waals surface area contributed by atoms with E-state index in [1.165, 1.54) is 11.1 Å². The summed E-state index contributed by atoms with van der Waals surface area (Å²) in [5.74, 6) is 0.0953. The van der Waals surface area contributed by atoms with Gasteiger partial charge in [-0.3, -0.25) is 4.79 Å². The van der Waals surface area contributed by atoms with E-state index in [1.54, 1.807) is 18.2 Å². The van der Waals surface area contributed by atoms with Gasteiger partial charge in [-0.1, -0.05) is 41.4 Å². The number of hydrogen-bond donors (Lipinski definition) is 1. The van der Waals surface area contributed by atoms with Crippen LogP contribution in [0.2, 0.25) is 10.0 Å². The molecule has 0 bridgehead atoms. The molecule has 4 heteroatoms. The standard InChI is InChI=1S/C17H15Cl2NO/c18-13-4-5-16(19)12(8-13)9-17(21)15-3-1-2-11-10-20-7-6-14(11)15/h1-5,8,20H,6-7,9-10H2. The van der Waals surface area contributed by atoms with Crippen molar-refractivity contribution < 1.29 is 4.79 Å². The molecule has 1 aliphatic rings. The molecule has 0 unspecified atom stereocenters. The Balaban J connectivity index is 1.91. The van der Waals surface area contributed by atoms with Crippen LogP contribution in [-0.2, 0) is 19.4 Å². The molecule has 3 rings (SSSR count). The van der Waals surface area contributed by atoms with Crippen LogP contribution >= 0.6 is 23.2 Å². The number of benzene rings is 2. The zero-order valence-corrected chi connectivity index (χ0v) is 13.0. The van der Waals surface area contributed by atoms with Crippen LogP contribution in [0.5, 0.6) is 0 Å². The van der Waals surface area contributed by atoms with Gasteiger partial charge in [0.05, 0.1) is 0 Å². The molecule has 2 aromatic carbocycles. The highest BCUT2D eigenvalue weighted by Gasteiger charge is 2.18. The van der Waals surface area contributed by atoms with Gasteiger partial charge in [-0.25, -0.2) is 0 Å². The number of fused-ring (bicyclic) bond motifs is 1. The predicted molar refractivity (Wildman–Crippen MR) is 86.3 cm³/mol. The number of rotatable bonds is 3. The summed E-state index contributed by atoms with van der Waals surface area (Å²) < 4.78 is 0. The number of hydrogen-bond acceptors (Lipinski definition) is 2. The Hall–Kier alpha value is -1.35. The van der Waals surface area contributed by atoms with Crippen LogP contribution < -0.4 is 5.32 Å². The molecular weight excluding hydrogens is 305 g/mol. The number of nitrogens with one attached hydrogen (secondary N) is 1. The molecule has 2 aromatic rings. The fourth-order valence-corrected chi connectivity index (χ4v) is 3.12. The predicted octanol–water partition coefficient (Wildman–Crippen LogP) is 4.06. The second-order valence-corrected chi connectivity index (χ2v) is 6.05. The van der Waals surface area contributed by atoms with Crippen LogP contribution in [0.3, 0.4) is 0 Å². The zero-order valence-electron chi connectivity index (χ0n) is 11.5. The summed E-state index contributed by atoms with van der Waals surface area (Å²) >= 11 is 12.1. The summed E-state index contributed by atoms with van der Waals surface area (Å²) in [5.41, 5.74) is 3.97. The summed E-state index contributed by atoms with van der Waals surface area (Å²) in [4.78, 5) is 12.6. The minimum atomic E-state index is 0.0953. The topological polar surface area (TPSA) is 29.1 Å². The normalized spacial score (nSPS) is 13.8. The van der Waals surface area contributed by atoms with E-state index in [0.29, 0.717) is 10.0 Å². The Morgan fingerprint density at radius 1 is 1.19 bits per heavy atom. The molecule has 0 aromatic heterocycles. The van der Waals surface area contributed by atoms with Gasteiger partial charge in [0.2, 0.25) is 0 Å². The van der Waals surface area contributed by atoms with E-state index in [9.17, 15) is 4.79 Å². The molecule has 0 spiro atoms. The van der Waals surface area contributed by atoms with E-state index in [-0.39, 0.29) is 12.2 Å². The van der Waals surface area contributed by atoms with Gasteiger partial charge in [0.15, 0.2) is 5.78 Å². The molecule has 0 fully saturated rings. The monoisotopic (exact) mass is 319 g/mol. The van der Waals surface area contributed by atoms with Gasteiger partial charge < -0.3 is 5.32 Å². The maximum Gasteiger partial charge on any atom is 0.167 e. The van der Waals surface area contributed by atoms with E-state index in [2.05, 4.69) is 11.4 Å². The van der Waals surface area contributed by atoms with E-state index in [4.69, 9.17) is 23.2 Å². The highest BCUT2D eigenvalue weighted by atomic mass is 35.5. The summed E-state index contributed by atoms with van der Waals surface area (Å²) in [7, 11) is 0. The van der Waals surface area contributed by atoms with Gasteiger partial charge in [-0.05, 0) is 47.9 Å². The molecule has 0 radical (unpaired) electrons. The molecule has 0 atom stereocenters. The lowest BCUT2D eigenvalue weighted by Crippen LogP contribution is -2.25. The maximum atomic E-state index is 12.6. The highest BCUT2D eigenvalue weighted by molar-refractivity contribution is 6.33. The van der Waals surface area contributed by atoms with E-state index >= 15 is 0 Å². The van der Waals surface area contributed by atoms with Gasteiger partial charge in [0, 0.05) is 28.6 Å². The first-order valence-electron chi connectivity index (χ1n) is 6.94. The summed E-state index contributed by atoms with van der Waals surface area (Å²) in [5, 5.41) is 4.50. The number of carbonyl (C=O) groups is 1. The molecule has 1 heterocycles. The number of ketones is 1. The SMILES string of the molecule is O=C(Cc1cc(Cl)ccc1Cl)c1cccc2c1CCNC2. The lowest BCUT2D eigenvalue weighted by molar-refractivity contribution is 0.0992. The highest BCUT2D eigenvalue weighted by Crippen LogP contribution is 2.24. The van der Waals surface area contributed by atoms with Crippen molar-refractivity contribution in [1.29, 1.82) is 0 Å². The molecular formula is C17H15Cl2NO. The van der Waals surface area contributed by atoms with Gasteiger partial charge in [-0.15, -0.1) is 0 Å². The van der Waals surface area contributed by atoms with Crippen molar-refractivity contribution in [3.05, 3.63) is 68.7 Å². The van der Waals surface area contributed by atoms with Crippen molar-refractivity contribution >= 4 is 29.0 Å². The van der Waals surface area contributed by atoms with Crippen molar-refractivity contribution in [3.8, 4) is 0 Å². The number of halogens is 2. The molecule has 2 nitrogen and oxygen atoms in total. The third kappa shape index (κ3) is 3.13. The van der Waals surface area contributed by atoms with Crippen molar-refractivity contribution in [2.45, 2.75) is 19.4 Å². The molecule has 0 saturated heterocycles. The van der Waals surface area contributed by atoms with Crippen LogP contribution in [0.15, 0.2) is 36.4 Å². The summed E-state index contributed by atoms with van der Waals surface area (Å²) in [6.45, 7) is 1.74. The van der Waals surface area contributed by atoms with E-state index in [1.807, 2.05) is 12.1 Å². The molecule has 21 heavy (non-hydrogen) atoms. The van der Waals surface area contributed by atoms with Gasteiger partial charge in [0.25, 0.3) is 0 Å². The fraction of sp³-hybridized carbons (Fsp3) is 0.235. The maximum absolute atomic E-state index is 12.6. The van der Waals surface area contributed by atoms with Crippen LogP contribution in [0.25, 0.3) is 0 Å². The van der Waals surface area contributed by atoms with E-state index in [0.717, 1.165) is 30.6 Å². The first kappa shape index (κ1) is 14.6. The lowest BCUT2D eigenvalue weighted by atomic mass is 9.91. The molecule has 0 aliphatic carbocycles. The van der Waals surface area contributed by atoms with E-state index < -0.39 is 0 Å². The lowest BCUT2D eigenvalue weighted by Gasteiger charge is -2.19. The summed E-state index contributed by atoms with van der Waals surface area (Å²) in [6, 6.07) is 11.2. The van der Waals surface area contributed by atoms with Crippen LogP contribution in [0.1, 0.15) is 27.0 Å². The molecule has 108 valence electrons. The van der Waals surface area contributed by atoms with Gasteiger partial charge >= 0.3 is 0 Å². The number of carbonyl (C=O) groups excluding carboxylic acids is 1. The third-order valence-electron chi connectivity index (χ3n) is 3.80. The number of Topliss-reactive ketones (excluding diaryl/α,β-unsaturated/α-hetero) is 1. The van der Waals surface area contributed by atoms with Crippen LogP contribution in [0.4, 0.5) is 0 Å². The van der Waals surface area contributed by atoms with Crippen molar-refractivity contribution in [2.24, 2.45) is 0 Å². The average Bonchev–Trinajstić information content (AvgIpc) is 2.50. The molecule has 0 saturated carbocycles. The quantitative estimate of drug-likeness (QED) is 0.864. The second kappa shape index (κ2) is 6.18. The third-order valence-corrected chi connectivity index (χ3v) is 4.40. The van der Waals surface area contributed by atoms with Crippen LogP contribution in [0, 0.1) is 0 Å². The van der Waals surface area contributed by atoms with Crippen LogP contribution in [-0.4, -0.2) is 12.3 Å². The first-order valence-corrected chi connectivity index (χ1v) is 7.69. The first-order chi connectivity index (χ1) is 10.1. The van der Waals surface area contributed by atoms with Gasteiger partial charge in [0.1, 0.15) is 0 Å². The second-order valence-electron chi connectivity index (χ2n) is 5.21. The Kier molecular flexibility index (Phi) is 4.29. The average molecular weight is 320 g/mol. The van der Waals surface area contributed by atoms with Crippen molar-refractivity contribution in [3.63, 3.8) is 0 Å². The molecule has 1 N–H and O–H groups in total. The smallest absolute Gasteiger partial charge is 0.167 e. The Morgan fingerprint density at radius 2 is 2.05 bits per heavy atom. The molecule has 1 aliphatic heterocycles. The van der Waals surface area contributed by atoms with Crippen molar-refractivity contribution in [2.75, 3.05) is 6.54 Å². The van der Waals surface area contributed by atoms with Gasteiger partial charge in [-0.2, -0.15) is 0 Å². The fourth-order valence-electron chi connectivity index (χ4n) is 2.74. The largest absolute Gasteiger partial charge is 0.312 e. The minimum absolute atomic E-state index is 0.0953. The molecule has 0 amide bonds. The minimum Gasteiger partial charge on any atom is -0.312 e.